The van der Waals surface area contributed by atoms with Crippen LogP contribution in [0.15, 0.2) is 42.0 Å². The first-order valence-electron chi connectivity index (χ1n) is 11.3. The van der Waals surface area contributed by atoms with Crippen LogP contribution in [0.1, 0.15) is 12.5 Å². The van der Waals surface area contributed by atoms with E-state index in [0.29, 0.717) is 34.3 Å². The van der Waals surface area contributed by atoms with E-state index in [2.05, 4.69) is 5.32 Å². The fourth-order valence-corrected chi connectivity index (χ4v) is 3.58. The Kier molecular flexibility index (Phi) is 10.1. The highest BCUT2D eigenvalue weighted by atomic mass is 35.5. The van der Waals surface area contributed by atoms with Crippen LogP contribution in [0, 0.1) is 0 Å². The minimum Gasteiger partial charge on any atom is -0.493 e. The Morgan fingerprint density at radius 2 is 1.73 bits per heavy atom. The molecule has 0 atom stereocenters. The van der Waals surface area contributed by atoms with Crippen molar-refractivity contribution in [3.05, 3.63) is 52.6 Å². The molecule has 1 aliphatic rings. The molecule has 1 fully saturated rings. The molecule has 0 unspecified atom stereocenters. The van der Waals surface area contributed by atoms with E-state index in [4.69, 9.17) is 40.4 Å². The van der Waals surface area contributed by atoms with Crippen LogP contribution in [0.4, 0.5) is 4.79 Å². The summed E-state index contributed by atoms with van der Waals surface area (Å²) in [4.78, 5) is 37.9. The third-order valence-corrected chi connectivity index (χ3v) is 5.22. The first-order chi connectivity index (χ1) is 17.9. The molecule has 2 aromatic carbocycles. The van der Waals surface area contributed by atoms with Gasteiger partial charge in [0.25, 0.3) is 11.8 Å². The number of nitrogens with zero attached hydrogens (tertiary/aromatic N) is 1. The summed E-state index contributed by atoms with van der Waals surface area (Å²) in [5, 5.41) is 11.1. The lowest BCUT2D eigenvalue weighted by Crippen LogP contribution is -2.54. The maximum atomic E-state index is 12.8. The summed E-state index contributed by atoms with van der Waals surface area (Å²) in [6, 6.07) is 9.34. The Balaban J connectivity index is 1.76. The molecule has 1 aliphatic heterocycles. The number of rotatable bonds is 13. The average molecular weight is 535 g/mol. The smallest absolute Gasteiger partial charge is 0.333 e. The quantitative estimate of drug-likeness (QED) is 0.226. The molecule has 2 N–H and O–H groups in total. The molecular weight excluding hydrogens is 508 g/mol. The highest BCUT2D eigenvalue weighted by molar-refractivity contribution is 6.33. The van der Waals surface area contributed by atoms with Crippen molar-refractivity contribution in [3.8, 4) is 23.0 Å². The van der Waals surface area contributed by atoms with Gasteiger partial charge in [0.1, 0.15) is 25.5 Å². The van der Waals surface area contributed by atoms with E-state index in [9.17, 15) is 14.4 Å². The Morgan fingerprint density at radius 1 is 1.00 bits per heavy atom. The maximum absolute atomic E-state index is 12.8. The number of imide groups is 2. The largest absolute Gasteiger partial charge is 0.493 e. The molecule has 0 radical (unpaired) electrons. The highest BCUT2D eigenvalue weighted by Gasteiger charge is 2.35. The molecule has 0 aliphatic carbocycles. The Labute approximate surface area is 218 Å². The number of methoxy groups -OCH3 is 1. The summed E-state index contributed by atoms with van der Waals surface area (Å²) in [6.07, 6.45) is 1.28. The summed E-state index contributed by atoms with van der Waals surface area (Å²) >= 11 is 6.45. The second-order valence-electron chi connectivity index (χ2n) is 7.42. The van der Waals surface area contributed by atoms with Crippen LogP contribution in [0.2, 0.25) is 5.02 Å². The number of halogens is 1. The van der Waals surface area contributed by atoms with Crippen molar-refractivity contribution in [1.82, 2.24) is 10.2 Å². The molecule has 1 saturated heterocycles. The third kappa shape index (κ3) is 7.13. The lowest BCUT2D eigenvalue weighted by Gasteiger charge is -2.26. The number of aliphatic hydroxyl groups excluding tert-OH is 1. The van der Waals surface area contributed by atoms with Crippen molar-refractivity contribution in [2.45, 2.75) is 6.92 Å². The first kappa shape index (κ1) is 27.8. The van der Waals surface area contributed by atoms with Crippen molar-refractivity contribution < 1.29 is 43.2 Å². The van der Waals surface area contributed by atoms with Crippen molar-refractivity contribution in [1.29, 1.82) is 0 Å². The normalized spacial score (nSPS) is 14.5. The topological polar surface area (TPSA) is 133 Å². The number of benzene rings is 2. The lowest BCUT2D eigenvalue weighted by atomic mass is 10.1. The van der Waals surface area contributed by atoms with E-state index in [1.54, 1.807) is 32.2 Å². The van der Waals surface area contributed by atoms with Crippen LogP contribution < -0.4 is 24.3 Å². The lowest BCUT2D eigenvalue weighted by molar-refractivity contribution is -0.133. The zero-order chi connectivity index (χ0) is 26.8. The van der Waals surface area contributed by atoms with Gasteiger partial charge in [0.2, 0.25) is 0 Å². The predicted octanol–water partition coefficient (Wildman–Crippen LogP) is 2.63. The second-order valence-corrected chi connectivity index (χ2v) is 7.83. The fraction of sp³-hybridized carbons (Fsp3) is 0.320. The first-order valence-corrected chi connectivity index (χ1v) is 11.7. The molecule has 3 rings (SSSR count). The summed E-state index contributed by atoms with van der Waals surface area (Å²) in [7, 11) is 1.55. The second kappa shape index (κ2) is 13.5. The third-order valence-electron chi connectivity index (χ3n) is 4.94. The number of para-hydroxylation sites is 2. The van der Waals surface area contributed by atoms with Crippen LogP contribution in [-0.2, 0) is 14.3 Å². The summed E-state index contributed by atoms with van der Waals surface area (Å²) in [6.45, 7) is 1.63. The SMILES string of the molecule is CCOc1cc(/C=C2\C(=O)NC(=O)N(COCCO)C2=O)cc(Cl)c1OCCOc1ccccc1OC. The van der Waals surface area contributed by atoms with Gasteiger partial charge in [-0.1, -0.05) is 23.7 Å². The number of urea groups is 1. The summed E-state index contributed by atoms with van der Waals surface area (Å²) < 4.78 is 27.5. The van der Waals surface area contributed by atoms with Crippen LogP contribution in [0.25, 0.3) is 6.08 Å². The number of aliphatic hydroxyl groups is 1. The van der Waals surface area contributed by atoms with Gasteiger partial charge in [0.05, 0.1) is 32.0 Å². The van der Waals surface area contributed by atoms with E-state index >= 15 is 0 Å². The van der Waals surface area contributed by atoms with Crippen molar-refractivity contribution >= 4 is 35.5 Å². The van der Waals surface area contributed by atoms with Crippen molar-refractivity contribution in [3.63, 3.8) is 0 Å². The molecule has 12 heteroatoms. The van der Waals surface area contributed by atoms with Crippen LogP contribution >= 0.6 is 11.6 Å². The molecule has 2 aromatic rings. The zero-order valence-electron chi connectivity index (χ0n) is 20.3. The summed E-state index contributed by atoms with van der Waals surface area (Å²) in [5.74, 6) is 0.00157. The van der Waals surface area contributed by atoms with Gasteiger partial charge in [0, 0.05) is 0 Å². The van der Waals surface area contributed by atoms with E-state index in [1.807, 2.05) is 12.1 Å². The standard InChI is InChI=1S/C25H27ClN2O9/c1-3-35-21-14-16(12-17-23(30)27-25(32)28(24(17)31)15-34-9-8-29)13-18(26)22(21)37-11-10-36-20-7-5-4-6-19(20)33-2/h4-7,12-14,29H,3,8-11,15H2,1-2H3,(H,27,30,32)/b17-12+. The molecule has 0 saturated carbocycles. The molecule has 0 spiro atoms. The van der Waals surface area contributed by atoms with Gasteiger partial charge >= 0.3 is 6.03 Å². The molecule has 37 heavy (non-hydrogen) atoms. The van der Waals surface area contributed by atoms with Gasteiger partial charge in [-0.25, -0.2) is 9.69 Å². The molecule has 0 aromatic heterocycles. The highest BCUT2D eigenvalue weighted by Crippen LogP contribution is 2.37. The monoisotopic (exact) mass is 534 g/mol. The van der Waals surface area contributed by atoms with Gasteiger partial charge < -0.3 is 28.8 Å². The van der Waals surface area contributed by atoms with Gasteiger partial charge in [-0.15, -0.1) is 0 Å². The fourth-order valence-electron chi connectivity index (χ4n) is 3.31. The summed E-state index contributed by atoms with van der Waals surface area (Å²) in [5.41, 5.74) is 0.0692. The Hall–Kier alpha value is -3.80. The number of carbonyl (C=O) groups excluding carboxylic acids is 3. The average Bonchev–Trinajstić information content (AvgIpc) is 2.88. The van der Waals surface area contributed by atoms with Crippen LogP contribution in [0.5, 0.6) is 23.0 Å². The van der Waals surface area contributed by atoms with Crippen LogP contribution in [0.3, 0.4) is 0 Å². The Morgan fingerprint density at radius 3 is 2.43 bits per heavy atom. The van der Waals surface area contributed by atoms with Gasteiger partial charge in [0.15, 0.2) is 23.0 Å². The maximum Gasteiger partial charge on any atom is 0.333 e. The molecule has 0 bridgehead atoms. The van der Waals surface area contributed by atoms with Gasteiger partial charge in [-0.2, -0.15) is 0 Å². The number of barbiturate groups is 1. The number of hydrogen-bond acceptors (Lipinski definition) is 9. The van der Waals surface area contributed by atoms with E-state index in [-0.39, 0.29) is 42.8 Å². The number of ether oxygens (including phenoxy) is 5. The number of hydrogen-bond donors (Lipinski definition) is 2. The molecule has 1 heterocycles. The Bertz CT molecular complexity index is 1170. The van der Waals surface area contributed by atoms with Crippen LogP contribution in [-0.4, -0.2) is 74.7 Å². The number of amides is 4. The number of nitrogens with one attached hydrogen (secondary N) is 1. The van der Waals surface area contributed by atoms with Crippen molar-refractivity contribution in [2.24, 2.45) is 0 Å². The molecular formula is C25H27ClN2O9. The van der Waals surface area contributed by atoms with E-state index in [1.165, 1.54) is 12.1 Å². The molecule has 198 valence electrons. The van der Waals surface area contributed by atoms with Gasteiger partial charge in [-0.3, -0.25) is 14.9 Å². The zero-order valence-corrected chi connectivity index (χ0v) is 21.1. The molecule has 4 amide bonds. The van der Waals surface area contributed by atoms with Gasteiger partial charge in [-0.05, 0) is 42.8 Å². The minimum absolute atomic E-state index is 0.0806. The van der Waals surface area contributed by atoms with Crippen molar-refractivity contribution in [2.75, 3.05) is 46.9 Å². The molecule has 11 nitrogen and oxygen atoms in total. The predicted molar refractivity (Wildman–Crippen MR) is 133 cm³/mol. The van der Waals surface area contributed by atoms with E-state index < -0.39 is 24.6 Å². The van der Waals surface area contributed by atoms with E-state index in [0.717, 1.165) is 0 Å². The number of carbonyl (C=O) groups is 3. The minimum atomic E-state index is -0.919.